The van der Waals surface area contributed by atoms with Gasteiger partial charge in [0.25, 0.3) is 0 Å². The van der Waals surface area contributed by atoms with Gasteiger partial charge in [-0.3, -0.25) is 4.99 Å². The number of likely N-dealkylation sites (N-methyl/N-ethyl adjacent to an activating group) is 1. The molecule has 2 atom stereocenters. The van der Waals surface area contributed by atoms with Gasteiger partial charge in [0, 0.05) is 38.8 Å². The molecule has 0 saturated carbocycles. The molecule has 6 nitrogen and oxygen atoms in total. The number of ether oxygens (including phenoxy) is 1. The number of likely N-dealkylation sites (tertiary alicyclic amines) is 1. The second-order valence-corrected chi connectivity index (χ2v) is 7.15. The summed E-state index contributed by atoms with van der Waals surface area (Å²) in [6.07, 6.45) is 3.36. The molecule has 0 aliphatic carbocycles. The maximum atomic E-state index is 12.6. The molecule has 8 heteroatoms. The van der Waals surface area contributed by atoms with E-state index in [4.69, 9.17) is 0 Å². The Kier molecular flexibility index (Phi) is 6.71. The Labute approximate surface area is 159 Å². The van der Waals surface area contributed by atoms with E-state index >= 15 is 0 Å². The standard InChI is InChI=1S/C19H29F2N5O/c1-22-19(23-12-15-6-5-10-25(15)2)24-14-9-11-26(13-14)16-7-3-4-8-17(16)27-18(20)21/h3-4,7-8,14-15,18H,5-6,9-13H2,1-2H3,(H2,22,23,24). The SMILES string of the molecule is CN=C(NCC1CCCN1C)NC1CCN(c2ccccc2OC(F)F)C1. The summed E-state index contributed by atoms with van der Waals surface area (Å²) in [5, 5.41) is 6.87. The van der Waals surface area contributed by atoms with Crippen molar-refractivity contribution in [3.05, 3.63) is 24.3 Å². The first kappa shape index (κ1) is 19.7. The molecule has 0 spiro atoms. The highest BCUT2D eigenvalue weighted by Crippen LogP contribution is 2.31. The van der Waals surface area contributed by atoms with Gasteiger partial charge in [-0.1, -0.05) is 12.1 Å². The highest BCUT2D eigenvalue weighted by atomic mass is 19.3. The molecule has 0 bridgehead atoms. The average molecular weight is 381 g/mol. The first-order valence-electron chi connectivity index (χ1n) is 9.53. The lowest BCUT2D eigenvalue weighted by molar-refractivity contribution is -0.0495. The van der Waals surface area contributed by atoms with Crippen LogP contribution in [0.4, 0.5) is 14.5 Å². The predicted molar refractivity (Wildman–Crippen MR) is 104 cm³/mol. The Hall–Kier alpha value is -2.09. The van der Waals surface area contributed by atoms with Crippen LogP contribution < -0.4 is 20.3 Å². The third-order valence-electron chi connectivity index (χ3n) is 5.35. The molecule has 2 fully saturated rings. The fourth-order valence-corrected chi connectivity index (χ4v) is 3.85. The number of anilines is 1. The van der Waals surface area contributed by atoms with E-state index in [0.29, 0.717) is 18.3 Å². The number of rotatable bonds is 6. The first-order chi connectivity index (χ1) is 13.1. The summed E-state index contributed by atoms with van der Waals surface area (Å²) >= 11 is 0. The Morgan fingerprint density at radius 2 is 2.11 bits per heavy atom. The normalized spacial score (nSPS) is 23.9. The van der Waals surface area contributed by atoms with Gasteiger partial charge in [-0.25, -0.2) is 0 Å². The van der Waals surface area contributed by atoms with Crippen molar-refractivity contribution < 1.29 is 13.5 Å². The number of nitrogens with zero attached hydrogens (tertiary/aromatic N) is 3. The Balaban J connectivity index is 1.53. The number of halogens is 2. The quantitative estimate of drug-likeness (QED) is 0.584. The van der Waals surface area contributed by atoms with E-state index in [1.807, 2.05) is 12.1 Å². The van der Waals surface area contributed by atoms with E-state index in [9.17, 15) is 8.78 Å². The maximum Gasteiger partial charge on any atom is 0.387 e. The van der Waals surface area contributed by atoms with Crippen molar-refractivity contribution in [3.8, 4) is 5.75 Å². The largest absolute Gasteiger partial charge is 0.433 e. The van der Waals surface area contributed by atoms with Crippen LogP contribution >= 0.6 is 0 Å². The van der Waals surface area contributed by atoms with E-state index in [1.54, 1.807) is 19.2 Å². The van der Waals surface area contributed by atoms with Gasteiger partial charge in [-0.15, -0.1) is 0 Å². The van der Waals surface area contributed by atoms with E-state index in [-0.39, 0.29) is 11.8 Å². The van der Waals surface area contributed by atoms with E-state index in [0.717, 1.165) is 32.0 Å². The van der Waals surface area contributed by atoms with Crippen LogP contribution in [0.25, 0.3) is 0 Å². The summed E-state index contributed by atoms with van der Waals surface area (Å²) in [6.45, 7) is 0.699. The minimum Gasteiger partial charge on any atom is -0.433 e. The van der Waals surface area contributed by atoms with Gasteiger partial charge in [0.15, 0.2) is 5.96 Å². The summed E-state index contributed by atoms with van der Waals surface area (Å²) in [6, 6.07) is 7.70. The fourth-order valence-electron chi connectivity index (χ4n) is 3.85. The van der Waals surface area contributed by atoms with Crippen molar-refractivity contribution in [2.45, 2.75) is 38.0 Å². The first-order valence-corrected chi connectivity index (χ1v) is 9.53. The zero-order valence-corrected chi connectivity index (χ0v) is 16.0. The van der Waals surface area contributed by atoms with Crippen molar-refractivity contribution in [3.63, 3.8) is 0 Å². The molecular formula is C19H29F2N5O. The van der Waals surface area contributed by atoms with Crippen molar-refractivity contribution in [1.82, 2.24) is 15.5 Å². The lowest BCUT2D eigenvalue weighted by atomic mass is 10.2. The molecule has 0 amide bonds. The molecule has 1 aromatic rings. The minimum absolute atomic E-state index is 0.206. The monoisotopic (exact) mass is 381 g/mol. The van der Waals surface area contributed by atoms with Crippen LogP contribution in [0, 0.1) is 0 Å². The van der Waals surface area contributed by atoms with Gasteiger partial charge in [0.1, 0.15) is 5.75 Å². The van der Waals surface area contributed by atoms with Gasteiger partial charge < -0.3 is 25.2 Å². The molecule has 0 aromatic heterocycles. The molecule has 1 aromatic carbocycles. The molecule has 0 radical (unpaired) electrons. The van der Waals surface area contributed by atoms with Crippen molar-refractivity contribution in [2.24, 2.45) is 4.99 Å². The molecule has 2 N–H and O–H groups in total. The molecule has 2 unspecified atom stereocenters. The predicted octanol–water partition coefficient (Wildman–Crippen LogP) is 2.13. The molecule has 150 valence electrons. The van der Waals surface area contributed by atoms with Crippen molar-refractivity contribution in [2.75, 3.05) is 45.2 Å². The van der Waals surface area contributed by atoms with Crippen molar-refractivity contribution >= 4 is 11.6 Å². The number of alkyl halides is 2. The van der Waals surface area contributed by atoms with Crippen LogP contribution in [-0.2, 0) is 0 Å². The minimum atomic E-state index is -2.82. The summed E-state index contributed by atoms with van der Waals surface area (Å²) in [5.74, 6) is 1.01. The third kappa shape index (κ3) is 5.22. The molecule has 2 aliphatic rings. The Morgan fingerprint density at radius 3 is 2.81 bits per heavy atom. The van der Waals surface area contributed by atoms with Crippen LogP contribution in [0.5, 0.6) is 5.75 Å². The molecular weight excluding hydrogens is 352 g/mol. The molecule has 27 heavy (non-hydrogen) atoms. The van der Waals surface area contributed by atoms with Gasteiger partial charge in [-0.2, -0.15) is 8.78 Å². The highest BCUT2D eigenvalue weighted by molar-refractivity contribution is 5.80. The van der Waals surface area contributed by atoms with E-state index in [2.05, 4.69) is 37.2 Å². The molecule has 2 aliphatic heterocycles. The molecule has 3 rings (SSSR count). The van der Waals surface area contributed by atoms with Crippen LogP contribution in [0.3, 0.4) is 0 Å². The summed E-state index contributed by atoms with van der Waals surface area (Å²) in [5.41, 5.74) is 0.706. The Morgan fingerprint density at radius 1 is 1.30 bits per heavy atom. The van der Waals surface area contributed by atoms with Gasteiger partial charge in [-0.05, 0) is 45.0 Å². The summed E-state index contributed by atoms with van der Waals surface area (Å²) in [4.78, 5) is 8.78. The second-order valence-electron chi connectivity index (χ2n) is 7.15. The number of benzene rings is 1. The van der Waals surface area contributed by atoms with E-state index in [1.165, 1.54) is 12.8 Å². The van der Waals surface area contributed by atoms with Crippen LogP contribution in [-0.4, -0.2) is 69.8 Å². The molecule has 2 heterocycles. The number of hydrogen-bond acceptors (Lipinski definition) is 4. The number of hydrogen-bond donors (Lipinski definition) is 2. The van der Waals surface area contributed by atoms with Gasteiger partial charge in [0.05, 0.1) is 5.69 Å². The van der Waals surface area contributed by atoms with Crippen LogP contribution in [0.1, 0.15) is 19.3 Å². The average Bonchev–Trinajstić information content (AvgIpc) is 3.27. The van der Waals surface area contributed by atoms with Gasteiger partial charge in [0.2, 0.25) is 0 Å². The zero-order chi connectivity index (χ0) is 19.2. The smallest absolute Gasteiger partial charge is 0.387 e. The lowest BCUT2D eigenvalue weighted by Crippen LogP contribution is -2.48. The fraction of sp³-hybridized carbons (Fsp3) is 0.632. The molecule has 2 saturated heterocycles. The van der Waals surface area contributed by atoms with Crippen LogP contribution in [0.2, 0.25) is 0 Å². The zero-order valence-electron chi connectivity index (χ0n) is 16.0. The summed E-state index contributed by atoms with van der Waals surface area (Å²) < 4.78 is 29.9. The highest BCUT2D eigenvalue weighted by Gasteiger charge is 2.26. The third-order valence-corrected chi connectivity index (χ3v) is 5.35. The van der Waals surface area contributed by atoms with Gasteiger partial charge >= 0.3 is 6.61 Å². The van der Waals surface area contributed by atoms with Crippen molar-refractivity contribution in [1.29, 1.82) is 0 Å². The second kappa shape index (κ2) is 9.21. The number of para-hydroxylation sites is 2. The van der Waals surface area contributed by atoms with Crippen LogP contribution in [0.15, 0.2) is 29.3 Å². The van der Waals surface area contributed by atoms with E-state index < -0.39 is 6.61 Å². The number of nitrogens with one attached hydrogen (secondary N) is 2. The number of guanidine groups is 1. The lowest BCUT2D eigenvalue weighted by Gasteiger charge is -2.24. The number of aliphatic imine (C=N–C) groups is 1. The Bertz CT molecular complexity index is 642. The topological polar surface area (TPSA) is 52.1 Å². The summed E-state index contributed by atoms with van der Waals surface area (Å²) in [7, 11) is 3.93. The maximum absolute atomic E-state index is 12.6.